The Morgan fingerprint density at radius 2 is 1.57 bits per heavy atom. The van der Waals surface area contributed by atoms with Gasteiger partial charge in [0.1, 0.15) is 0 Å². The summed E-state index contributed by atoms with van der Waals surface area (Å²) in [6.45, 7) is 4.94. The summed E-state index contributed by atoms with van der Waals surface area (Å²) < 4.78 is 0. The van der Waals surface area contributed by atoms with Gasteiger partial charge in [-0.25, -0.2) is 4.99 Å². The van der Waals surface area contributed by atoms with E-state index in [0.717, 1.165) is 25.6 Å². The molecule has 0 fully saturated rings. The van der Waals surface area contributed by atoms with Gasteiger partial charge in [0.05, 0.1) is 6.54 Å². The highest BCUT2D eigenvalue weighted by molar-refractivity contribution is 14.0. The van der Waals surface area contributed by atoms with Crippen molar-refractivity contribution in [2.45, 2.75) is 20.0 Å². The van der Waals surface area contributed by atoms with E-state index in [1.54, 1.807) is 0 Å². The number of rotatable bonds is 5. The fraction of sp³-hybridized carbons (Fsp3) is 0.562. The van der Waals surface area contributed by atoms with Crippen LogP contribution in [0.4, 0.5) is 0 Å². The van der Waals surface area contributed by atoms with Crippen molar-refractivity contribution in [3.63, 3.8) is 0 Å². The molecule has 0 unspecified atom stereocenters. The maximum absolute atomic E-state index is 4.69. The molecule has 0 amide bonds. The zero-order chi connectivity index (χ0) is 15.1. The number of nitrogens with zero attached hydrogens (tertiary/aromatic N) is 4. The molecule has 1 rings (SSSR count). The maximum atomic E-state index is 4.69. The molecule has 0 N–H and O–H groups in total. The highest BCUT2D eigenvalue weighted by Crippen LogP contribution is 2.09. The minimum absolute atomic E-state index is 0. The zero-order valence-electron chi connectivity index (χ0n) is 14.1. The average molecular weight is 404 g/mol. The van der Waals surface area contributed by atoms with Gasteiger partial charge in [0, 0.05) is 34.7 Å². The molecule has 0 aliphatic rings. The first-order chi connectivity index (χ1) is 9.43. The van der Waals surface area contributed by atoms with Crippen LogP contribution in [0, 0.1) is 0 Å². The van der Waals surface area contributed by atoms with E-state index in [1.807, 2.05) is 38.0 Å². The lowest BCUT2D eigenvalue weighted by molar-refractivity contribution is 0.345. The van der Waals surface area contributed by atoms with Crippen molar-refractivity contribution in [3.05, 3.63) is 35.4 Å². The molecule has 0 saturated carbocycles. The number of hydrogen-bond donors (Lipinski definition) is 0. The second kappa shape index (κ2) is 10.00. The summed E-state index contributed by atoms with van der Waals surface area (Å²) in [6.07, 6.45) is 0. The molecule has 5 heteroatoms. The van der Waals surface area contributed by atoms with Crippen molar-refractivity contribution < 1.29 is 0 Å². The van der Waals surface area contributed by atoms with Gasteiger partial charge in [-0.3, -0.25) is 0 Å². The van der Waals surface area contributed by atoms with E-state index in [1.165, 1.54) is 11.1 Å². The van der Waals surface area contributed by atoms with Gasteiger partial charge in [-0.05, 0) is 24.7 Å². The molecule has 0 heterocycles. The van der Waals surface area contributed by atoms with Crippen LogP contribution in [0.2, 0.25) is 0 Å². The van der Waals surface area contributed by atoms with Gasteiger partial charge in [-0.2, -0.15) is 0 Å². The number of aliphatic imine (C=N–C) groups is 1. The Bertz CT molecular complexity index is 434. The van der Waals surface area contributed by atoms with E-state index < -0.39 is 0 Å². The Hall–Kier alpha value is -0.820. The molecule has 120 valence electrons. The molecule has 0 bridgehead atoms. The predicted octanol–water partition coefficient (Wildman–Crippen LogP) is 2.74. The summed E-state index contributed by atoms with van der Waals surface area (Å²) in [6, 6.07) is 8.69. The first-order valence-corrected chi connectivity index (χ1v) is 7.09. The second-order valence-electron chi connectivity index (χ2n) is 5.56. The minimum atomic E-state index is 0. The second-order valence-corrected chi connectivity index (χ2v) is 5.56. The fourth-order valence-electron chi connectivity index (χ4n) is 2.09. The minimum Gasteiger partial charge on any atom is -0.349 e. The van der Waals surface area contributed by atoms with Crippen LogP contribution in [0.15, 0.2) is 29.3 Å². The summed E-state index contributed by atoms with van der Waals surface area (Å²) in [5.41, 5.74) is 2.60. The third-order valence-corrected chi connectivity index (χ3v) is 3.19. The van der Waals surface area contributed by atoms with Gasteiger partial charge in [-0.15, -0.1) is 24.0 Å². The molecule has 1 aromatic carbocycles. The Morgan fingerprint density at radius 3 is 2.10 bits per heavy atom. The first-order valence-electron chi connectivity index (χ1n) is 7.09. The molecule has 0 saturated heterocycles. The van der Waals surface area contributed by atoms with Crippen LogP contribution in [-0.2, 0) is 13.1 Å². The van der Waals surface area contributed by atoms with Crippen LogP contribution in [0.25, 0.3) is 0 Å². The summed E-state index contributed by atoms with van der Waals surface area (Å²) in [5, 5.41) is 0. The zero-order valence-corrected chi connectivity index (χ0v) is 16.5. The number of hydrogen-bond acceptors (Lipinski definition) is 2. The summed E-state index contributed by atoms with van der Waals surface area (Å²) in [5.74, 6) is 0.987. The van der Waals surface area contributed by atoms with E-state index in [9.17, 15) is 0 Å². The predicted molar refractivity (Wildman–Crippen MR) is 102 cm³/mol. The monoisotopic (exact) mass is 404 g/mol. The molecule has 4 nitrogen and oxygen atoms in total. The van der Waals surface area contributed by atoms with E-state index in [4.69, 9.17) is 0 Å². The lowest BCUT2D eigenvalue weighted by atomic mass is 10.1. The van der Waals surface area contributed by atoms with Gasteiger partial charge < -0.3 is 14.7 Å². The highest BCUT2D eigenvalue weighted by Gasteiger charge is 2.04. The van der Waals surface area contributed by atoms with Crippen molar-refractivity contribution in [2.24, 2.45) is 4.99 Å². The lowest BCUT2D eigenvalue weighted by Gasteiger charge is -2.22. The fourth-order valence-corrected chi connectivity index (χ4v) is 2.09. The molecule has 0 aromatic heterocycles. The molecule has 0 aliphatic carbocycles. The third kappa shape index (κ3) is 7.13. The topological polar surface area (TPSA) is 22.1 Å². The highest BCUT2D eigenvalue weighted by atomic mass is 127. The summed E-state index contributed by atoms with van der Waals surface area (Å²) in [7, 11) is 10.2. The van der Waals surface area contributed by atoms with Crippen LogP contribution < -0.4 is 0 Å². The average Bonchev–Trinajstić information content (AvgIpc) is 2.38. The van der Waals surface area contributed by atoms with Crippen molar-refractivity contribution in [1.82, 2.24) is 14.7 Å². The van der Waals surface area contributed by atoms with Gasteiger partial charge in [0.2, 0.25) is 0 Å². The van der Waals surface area contributed by atoms with Crippen LogP contribution in [0.5, 0.6) is 0 Å². The molecular formula is C16H29IN4. The Morgan fingerprint density at radius 1 is 1.00 bits per heavy atom. The molecular weight excluding hydrogens is 375 g/mol. The quantitative estimate of drug-likeness (QED) is 0.428. The number of halogens is 1. The lowest BCUT2D eigenvalue weighted by Crippen LogP contribution is -2.35. The Balaban J connectivity index is 0.00000400. The number of benzene rings is 1. The van der Waals surface area contributed by atoms with Crippen molar-refractivity contribution in [1.29, 1.82) is 0 Å². The maximum Gasteiger partial charge on any atom is 0.195 e. The van der Waals surface area contributed by atoms with Crippen molar-refractivity contribution in [3.8, 4) is 0 Å². The van der Waals surface area contributed by atoms with Crippen molar-refractivity contribution in [2.75, 3.05) is 41.8 Å². The van der Waals surface area contributed by atoms with Gasteiger partial charge in [0.25, 0.3) is 0 Å². The third-order valence-electron chi connectivity index (χ3n) is 3.19. The van der Waals surface area contributed by atoms with Gasteiger partial charge in [-0.1, -0.05) is 31.2 Å². The summed E-state index contributed by atoms with van der Waals surface area (Å²) >= 11 is 0. The van der Waals surface area contributed by atoms with E-state index in [2.05, 4.69) is 48.1 Å². The van der Waals surface area contributed by atoms with E-state index in [0.29, 0.717) is 0 Å². The van der Waals surface area contributed by atoms with Crippen LogP contribution in [0.3, 0.4) is 0 Å². The van der Waals surface area contributed by atoms with Crippen LogP contribution in [0.1, 0.15) is 18.1 Å². The normalized spacial score (nSPS) is 10.0. The van der Waals surface area contributed by atoms with E-state index in [-0.39, 0.29) is 24.0 Å². The standard InChI is InChI=1S/C16H28N4.HI/c1-7-20(6)13-15-10-8-9-14(11-15)12-17-16(18(2)3)19(4)5;/h8-11H,7,12-13H2,1-6H3;1H. The Labute approximate surface area is 146 Å². The van der Waals surface area contributed by atoms with Crippen LogP contribution in [-0.4, -0.2) is 62.4 Å². The molecule has 21 heavy (non-hydrogen) atoms. The molecule has 0 aliphatic heterocycles. The smallest absolute Gasteiger partial charge is 0.195 e. The molecule has 0 spiro atoms. The SMILES string of the molecule is CCN(C)Cc1cccc(CN=C(N(C)C)N(C)C)c1.I. The first kappa shape index (κ1) is 20.2. The number of guanidine groups is 1. The largest absolute Gasteiger partial charge is 0.349 e. The van der Waals surface area contributed by atoms with Crippen LogP contribution >= 0.6 is 24.0 Å². The van der Waals surface area contributed by atoms with Crippen molar-refractivity contribution >= 4 is 29.9 Å². The molecule has 0 atom stereocenters. The Kier molecular flexibility index (Phi) is 9.61. The molecule has 0 radical (unpaired) electrons. The summed E-state index contributed by atoms with van der Waals surface area (Å²) in [4.78, 5) is 11.1. The van der Waals surface area contributed by atoms with Gasteiger partial charge >= 0.3 is 0 Å². The molecule has 1 aromatic rings. The van der Waals surface area contributed by atoms with E-state index >= 15 is 0 Å². The van der Waals surface area contributed by atoms with Gasteiger partial charge in [0.15, 0.2) is 5.96 Å².